The van der Waals surface area contributed by atoms with Gasteiger partial charge in [0.1, 0.15) is 12.4 Å². The van der Waals surface area contributed by atoms with E-state index in [0.717, 1.165) is 76.7 Å². The molecule has 30 heavy (non-hydrogen) atoms. The van der Waals surface area contributed by atoms with Crippen LogP contribution in [-0.4, -0.2) is 77.1 Å². The third kappa shape index (κ3) is 10.3. The van der Waals surface area contributed by atoms with Gasteiger partial charge in [-0.05, 0) is 42.9 Å². The van der Waals surface area contributed by atoms with Crippen molar-refractivity contribution in [1.29, 1.82) is 0 Å². The van der Waals surface area contributed by atoms with Crippen LogP contribution in [-0.2, 0) is 16.0 Å². The van der Waals surface area contributed by atoms with E-state index < -0.39 is 0 Å². The second-order valence-electron chi connectivity index (χ2n) is 7.67. The number of nitrogens with one attached hydrogen (secondary N) is 2. The number of rotatable bonds is 12. The third-order valence-electron chi connectivity index (χ3n) is 5.17. The first kappa shape index (κ1) is 25.2. The van der Waals surface area contributed by atoms with Crippen LogP contribution < -0.4 is 15.4 Å². The molecule has 170 valence electrons. The fourth-order valence-corrected chi connectivity index (χ4v) is 3.18. The van der Waals surface area contributed by atoms with E-state index in [2.05, 4.69) is 32.7 Å². The number of hydrogen-bond acceptors (Lipinski definition) is 5. The second-order valence-corrected chi connectivity index (χ2v) is 7.67. The van der Waals surface area contributed by atoms with E-state index in [0.29, 0.717) is 13.2 Å². The summed E-state index contributed by atoms with van der Waals surface area (Å²) in [4.78, 5) is 6.67. The van der Waals surface area contributed by atoms with Crippen molar-refractivity contribution in [1.82, 2.24) is 15.5 Å². The van der Waals surface area contributed by atoms with Crippen LogP contribution in [0, 0.1) is 5.92 Å². The average molecular weight is 532 g/mol. The highest BCUT2D eigenvalue weighted by Crippen LogP contribution is 2.28. The van der Waals surface area contributed by atoms with Crippen LogP contribution in [0.15, 0.2) is 29.3 Å². The predicted octanol–water partition coefficient (Wildman–Crippen LogP) is 2.50. The summed E-state index contributed by atoms with van der Waals surface area (Å²) < 4.78 is 17.0. The summed E-state index contributed by atoms with van der Waals surface area (Å²) in [5, 5.41) is 6.70. The van der Waals surface area contributed by atoms with E-state index in [4.69, 9.17) is 14.2 Å². The molecule has 1 aromatic carbocycles. The lowest BCUT2D eigenvalue weighted by molar-refractivity contribution is 0.0322. The van der Waals surface area contributed by atoms with E-state index in [1.165, 1.54) is 18.4 Å². The molecule has 1 saturated heterocycles. The minimum Gasteiger partial charge on any atom is -0.492 e. The first-order valence-corrected chi connectivity index (χ1v) is 10.9. The van der Waals surface area contributed by atoms with E-state index in [9.17, 15) is 0 Å². The fourth-order valence-electron chi connectivity index (χ4n) is 3.18. The van der Waals surface area contributed by atoms with E-state index in [-0.39, 0.29) is 24.0 Å². The van der Waals surface area contributed by atoms with Gasteiger partial charge in [-0.3, -0.25) is 9.89 Å². The summed E-state index contributed by atoms with van der Waals surface area (Å²) in [5.41, 5.74) is 1.17. The van der Waals surface area contributed by atoms with Gasteiger partial charge in [0, 0.05) is 53.0 Å². The first-order valence-electron chi connectivity index (χ1n) is 10.9. The van der Waals surface area contributed by atoms with Crippen LogP contribution in [0.2, 0.25) is 0 Å². The molecule has 2 fully saturated rings. The van der Waals surface area contributed by atoms with Crippen molar-refractivity contribution in [3.05, 3.63) is 29.8 Å². The van der Waals surface area contributed by atoms with Crippen molar-refractivity contribution in [3.63, 3.8) is 0 Å². The molecule has 8 heteroatoms. The quantitative estimate of drug-likeness (QED) is 0.187. The van der Waals surface area contributed by atoms with Gasteiger partial charge in [0.2, 0.25) is 0 Å². The first-order chi connectivity index (χ1) is 14.3. The summed E-state index contributed by atoms with van der Waals surface area (Å²) in [7, 11) is 1.80. The largest absolute Gasteiger partial charge is 0.492 e. The van der Waals surface area contributed by atoms with E-state index in [1.54, 1.807) is 7.05 Å². The number of nitrogens with zero attached hydrogens (tertiary/aromatic N) is 2. The van der Waals surface area contributed by atoms with Crippen molar-refractivity contribution < 1.29 is 14.2 Å². The Morgan fingerprint density at radius 3 is 2.80 bits per heavy atom. The van der Waals surface area contributed by atoms with Crippen LogP contribution in [0.25, 0.3) is 0 Å². The molecule has 0 unspecified atom stereocenters. The number of halogens is 1. The van der Waals surface area contributed by atoms with Gasteiger partial charge in [0.15, 0.2) is 5.96 Å². The molecule has 1 aliphatic carbocycles. The van der Waals surface area contributed by atoms with Crippen molar-refractivity contribution in [3.8, 4) is 5.75 Å². The molecule has 2 N–H and O–H groups in total. The van der Waals surface area contributed by atoms with Crippen LogP contribution in [0.4, 0.5) is 0 Å². The van der Waals surface area contributed by atoms with Gasteiger partial charge >= 0.3 is 0 Å². The number of morpholine rings is 1. The normalized spacial score (nSPS) is 17.3. The monoisotopic (exact) mass is 532 g/mol. The molecular formula is C22H37IN4O3. The molecule has 1 saturated carbocycles. The van der Waals surface area contributed by atoms with Gasteiger partial charge in [-0.2, -0.15) is 0 Å². The lowest BCUT2D eigenvalue weighted by atomic mass is 10.2. The topological polar surface area (TPSA) is 67.4 Å². The van der Waals surface area contributed by atoms with Crippen molar-refractivity contribution >= 4 is 29.9 Å². The minimum atomic E-state index is 0. The van der Waals surface area contributed by atoms with Crippen molar-refractivity contribution in [2.75, 3.05) is 66.3 Å². The molecule has 0 spiro atoms. The summed E-state index contributed by atoms with van der Waals surface area (Å²) in [6.45, 7) is 8.57. The smallest absolute Gasteiger partial charge is 0.191 e. The SMILES string of the molecule is CN=C(NCCCOCC1CC1)NCc1cccc(OCCN2CCOCC2)c1.I. The molecule has 7 nitrogen and oxygen atoms in total. The van der Waals surface area contributed by atoms with Gasteiger partial charge in [-0.15, -0.1) is 24.0 Å². The maximum Gasteiger partial charge on any atom is 0.191 e. The van der Waals surface area contributed by atoms with Gasteiger partial charge in [-0.1, -0.05) is 12.1 Å². The Kier molecular flexibility index (Phi) is 12.4. The number of benzene rings is 1. The van der Waals surface area contributed by atoms with Crippen molar-refractivity contribution in [2.45, 2.75) is 25.8 Å². The highest BCUT2D eigenvalue weighted by molar-refractivity contribution is 14.0. The molecular weight excluding hydrogens is 495 g/mol. The predicted molar refractivity (Wildman–Crippen MR) is 131 cm³/mol. The third-order valence-corrected chi connectivity index (χ3v) is 5.17. The molecule has 1 aromatic rings. The summed E-state index contributed by atoms with van der Waals surface area (Å²) in [6, 6.07) is 8.23. The van der Waals surface area contributed by atoms with E-state index in [1.807, 2.05) is 12.1 Å². The zero-order valence-electron chi connectivity index (χ0n) is 18.1. The molecule has 1 heterocycles. The van der Waals surface area contributed by atoms with Crippen LogP contribution in [0.1, 0.15) is 24.8 Å². The Balaban J connectivity index is 0.00000320. The molecule has 0 amide bonds. The number of guanidine groups is 1. The maximum absolute atomic E-state index is 5.94. The Morgan fingerprint density at radius 1 is 1.20 bits per heavy atom. The maximum atomic E-state index is 5.94. The Labute approximate surface area is 197 Å². The summed E-state index contributed by atoms with van der Waals surface area (Å²) in [5.74, 6) is 2.55. The van der Waals surface area contributed by atoms with Gasteiger partial charge in [0.05, 0.1) is 13.2 Å². The lowest BCUT2D eigenvalue weighted by Gasteiger charge is -2.26. The molecule has 0 radical (unpaired) electrons. The van der Waals surface area contributed by atoms with Crippen LogP contribution in [0.5, 0.6) is 5.75 Å². The highest BCUT2D eigenvalue weighted by atomic mass is 127. The molecule has 1 aliphatic heterocycles. The zero-order valence-corrected chi connectivity index (χ0v) is 20.4. The number of hydrogen-bond donors (Lipinski definition) is 2. The Hall–Kier alpha value is -1.10. The average Bonchev–Trinajstić information content (AvgIpc) is 3.58. The summed E-state index contributed by atoms with van der Waals surface area (Å²) in [6.07, 6.45) is 3.67. The standard InChI is InChI=1S/C22H36N4O3.HI/c1-23-22(24-8-3-12-28-18-19-6-7-19)25-17-20-4-2-5-21(16-20)29-15-11-26-9-13-27-14-10-26;/h2,4-5,16,19H,3,6-15,17-18H2,1H3,(H2,23,24,25);1H. The van der Waals surface area contributed by atoms with Crippen molar-refractivity contribution in [2.24, 2.45) is 10.9 Å². The van der Waals surface area contributed by atoms with Crippen LogP contribution in [0.3, 0.4) is 0 Å². The Bertz CT molecular complexity index is 622. The van der Waals surface area contributed by atoms with Crippen LogP contribution >= 0.6 is 24.0 Å². The number of ether oxygens (including phenoxy) is 3. The Morgan fingerprint density at radius 2 is 2.03 bits per heavy atom. The minimum absolute atomic E-state index is 0. The van der Waals surface area contributed by atoms with Gasteiger partial charge in [-0.25, -0.2) is 0 Å². The molecule has 0 bridgehead atoms. The number of aliphatic imine (C=N–C) groups is 1. The van der Waals surface area contributed by atoms with E-state index >= 15 is 0 Å². The van der Waals surface area contributed by atoms with Gasteiger partial charge in [0.25, 0.3) is 0 Å². The fraction of sp³-hybridized carbons (Fsp3) is 0.682. The molecule has 3 rings (SSSR count). The highest BCUT2D eigenvalue weighted by Gasteiger charge is 2.20. The van der Waals surface area contributed by atoms with Gasteiger partial charge < -0.3 is 24.8 Å². The lowest BCUT2D eigenvalue weighted by Crippen LogP contribution is -2.38. The summed E-state index contributed by atoms with van der Waals surface area (Å²) >= 11 is 0. The molecule has 0 atom stereocenters. The molecule has 0 aromatic heterocycles. The molecule has 2 aliphatic rings. The zero-order chi connectivity index (χ0) is 20.2. The second kappa shape index (κ2) is 14.8.